The van der Waals surface area contributed by atoms with E-state index in [1.54, 1.807) is 4.90 Å². The van der Waals surface area contributed by atoms with Crippen LogP contribution in [0.5, 0.6) is 0 Å². The first-order chi connectivity index (χ1) is 10.5. The fourth-order valence-corrected chi connectivity index (χ4v) is 2.99. The van der Waals surface area contributed by atoms with E-state index in [9.17, 15) is 9.59 Å². The molecule has 1 fully saturated rings. The van der Waals surface area contributed by atoms with Crippen LogP contribution in [-0.2, 0) is 16.0 Å². The normalized spacial score (nSPS) is 18.1. The van der Waals surface area contributed by atoms with Gasteiger partial charge in [-0.25, -0.2) is 0 Å². The summed E-state index contributed by atoms with van der Waals surface area (Å²) >= 11 is 0. The van der Waals surface area contributed by atoms with Gasteiger partial charge in [-0.3, -0.25) is 9.59 Å². The highest BCUT2D eigenvalue weighted by Gasteiger charge is 2.26. The number of anilines is 1. The third kappa shape index (κ3) is 3.78. The molecule has 1 aromatic rings. The maximum Gasteiger partial charge on any atom is 0.241 e. The number of likely N-dealkylation sites (tertiary alicyclic amines) is 1. The SMILES string of the molecule is CCc1cccc(C)c1NCC(=O)N1CCC[C@@H](C(N)=O)C1. The monoisotopic (exact) mass is 303 g/mol. The van der Waals surface area contributed by atoms with E-state index in [1.807, 2.05) is 19.1 Å². The molecule has 5 nitrogen and oxygen atoms in total. The van der Waals surface area contributed by atoms with Gasteiger partial charge in [0.1, 0.15) is 0 Å². The molecular formula is C17H25N3O2. The van der Waals surface area contributed by atoms with Crippen LogP contribution in [0.3, 0.4) is 0 Å². The topological polar surface area (TPSA) is 75.4 Å². The molecule has 1 saturated heterocycles. The minimum absolute atomic E-state index is 0.0243. The lowest BCUT2D eigenvalue weighted by atomic mass is 9.97. The molecule has 1 heterocycles. The van der Waals surface area contributed by atoms with Gasteiger partial charge in [0.05, 0.1) is 12.5 Å². The standard InChI is InChI=1S/C17H25N3O2/c1-3-13-7-4-6-12(2)16(13)19-10-15(21)20-9-5-8-14(11-20)17(18)22/h4,6-7,14,19H,3,5,8-11H2,1-2H3,(H2,18,22)/t14-/m1/s1. The molecule has 5 heteroatoms. The first-order valence-electron chi connectivity index (χ1n) is 7.92. The Kier molecular flexibility index (Phi) is 5.41. The number of aryl methyl sites for hydroxylation is 2. The van der Waals surface area contributed by atoms with Crippen molar-refractivity contribution in [1.29, 1.82) is 0 Å². The summed E-state index contributed by atoms with van der Waals surface area (Å²) in [6.07, 6.45) is 2.54. The molecule has 0 saturated carbocycles. The number of piperidine rings is 1. The second-order valence-electron chi connectivity index (χ2n) is 5.90. The van der Waals surface area contributed by atoms with Crippen LogP contribution < -0.4 is 11.1 Å². The van der Waals surface area contributed by atoms with Gasteiger partial charge < -0.3 is 16.0 Å². The lowest BCUT2D eigenvalue weighted by Crippen LogP contribution is -2.46. The number of nitrogens with one attached hydrogen (secondary N) is 1. The maximum atomic E-state index is 12.4. The minimum Gasteiger partial charge on any atom is -0.376 e. The first-order valence-corrected chi connectivity index (χ1v) is 7.92. The lowest BCUT2D eigenvalue weighted by molar-refractivity contribution is -0.133. The molecule has 2 amide bonds. The smallest absolute Gasteiger partial charge is 0.241 e. The number of carbonyl (C=O) groups is 2. The van der Waals surface area contributed by atoms with E-state index in [2.05, 4.69) is 18.3 Å². The Morgan fingerprint density at radius 3 is 2.86 bits per heavy atom. The number of hydrogen-bond acceptors (Lipinski definition) is 3. The van der Waals surface area contributed by atoms with E-state index in [4.69, 9.17) is 5.73 Å². The predicted molar refractivity (Wildman–Crippen MR) is 87.5 cm³/mol. The molecule has 0 radical (unpaired) electrons. The van der Waals surface area contributed by atoms with Crippen LogP contribution in [0.25, 0.3) is 0 Å². The van der Waals surface area contributed by atoms with Crippen LogP contribution in [0.2, 0.25) is 0 Å². The van der Waals surface area contributed by atoms with Crippen molar-refractivity contribution in [1.82, 2.24) is 4.90 Å². The number of carbonyl (C=O) groups excluding carboxylic acids is 2. The van der Waals surface area contributed by atoms with Gasteiger partial charge in [0.25, 0.3) is 0 Å². The van der Waals surface area contributed by atoms with E-state index in [0.717, 1.165) is 30.5 Å². The second kappa shape index (κ2) is 7.29. The predicted octanol–water partition coefficient (Wildman–Crippen LogP) is 1.69. The van der Waals surface area contributed by atoms with Gasteiger partial charge in [-0.2, -0.15) is 0 Å². The summed E-state index contributed by atoms with van der Waals surface area (Å²) in [4.78, 5) is 25.4. The third-order valence-corrected chi connectivity index (χ3v) is 4.33. The molecule has 1 aliphatic rings. The molecule has 0 bridgehead atoms. The Hall–Kier alpha value is -2.04. The van der Waals surface area contributed by atoms with Gasteiger partial charge in [0.2, 0.25) is 11.8 Å². The highest BCUT2D eigenvalue weighted by atomic mass is 16.2. The summed E-state index contributed by atoms with van der Waals surface area (Å²) < 4.78 is 0. The van der Waals surface area contributed by atoms with Gasteiger partial charge in [0.15, 0.2) is 0 Å². The molecule has 22 heavy (non-hydrogen) atoms. The molecule has 1 aliphatic heterocycles. The highest BCUT2D eigenvalue weighted by molar-refractivity contribution is 5.83. The van der Waals surface area contributed by atoms with Gasteiger partial charge in [0, 0.05) is 18.8 Å². The highest BCUT2D eigenvalue weighted by Crippen LogP contribution is 2.21. The van der Waals surface area contributed by atoms with E-state index in [1.165, 1.54) is 5.56 Å². The Morgan fingerprint density at radius 2 is 2.18 bits per heavy atom. The summed E-state index contributed by atoms with van der Waals surface area (Å²) in [6.45, 7) is 5.55. The number of primary amides is 1. The van der Waals surface area contributed by atoms with Crippen molar-refractivity contribution in [3.05, 3.63) is 29.3 Å². The second-order valence-corrected chi connectivity index (χ2v) is 5.90. The molecule has 2 rings (SSSR count). The van der Waals surface area contributed by atoms with E-state index in [0.29, 0.717) is 13.1 Å². The van der Waals surface area contributed by atoms with Crippen molar-refractivity contribution in [3.63, 3.8) is 0 Å². The molecule has 1 atom stereocenters. The van der Waals surface area contributed by atoms with Crippen LogP contribution in [0, 0.1) is 12.8 Å². The fourth-order valence-electron chi connectivity index (χ4n) is 2.99. The number of rotatable bonds is 5. The zero-order valence-corrected chi connectivity index (χ0v) is 13.4. The van der Waals surface area contributed by atoms with Gasteiger partial charge in [-0.1, -0.05) is 25.1 Å². The molecule has 0 aliphatic carbocycles. The Morgan fingerprint density at radius 1 is 1.41 bits per heavy atom. The van der Waals surface area contributed by atoms with Crippen LogP contribution in [0.4, 0.5) is 5.69 Å². The number of nitrogens with two attached hydrogens (primary N) is 1. The number of para-hydroxylation sites is 1. The largest absolute Gasteiger partial charge is 0.376 e. The molecule has 120 valence electrons. The summed E-state index contributed by atoms with van der Waals surface area (Å²) in [5.41, 5.74) is 8.75. The molecule has 0 unspecified atom stereocenters. The lowest BCUT2D eigenvalue weighted by Gasteiger charge is -2.31. The molecule has 1 aromatic carbocycles. The molecule has 3 N–H and O–H groups in total. The number of amides is 2. The summed E-state index contributed by atoms with van der Waals surface area (Å²) in [7, 11) is 0. The Labute approximate surface area is 131 Å². The van der Waals surface area contributed by atoms with Crippen LogP contribution in [0.1, 0.15) is 30.9 Å². The van der Waals surface area contributed by atoms with Crippen LogP contribution in [0.15, 0.2) is 18.2 Å². The van der Waals surface area contributed by atoms with Crippen LogP contribution >= 0.6 is 0 Å². The molecular weight excluding hydrogens is 278 g/mol. The minimum atomic E-state index is -0.308. The van der Waals surface area contributed by atoms with Crippen molar-refractivity contribution in [2.24, 2.45) is 11.7 Å². The first kappa shape index (κ1) is 16.3. The molecule has 0 aromatic heterocycles. The average Bonchev–Trinajstić information content (AvgIpc) is 2.53. The van der Waals surface area contributed by atoms with Crippen molar-refractivity contribution in [3.8, 4) is 0 Å². The zero-order chi connectivity index (χ0) is 16.1. The third-order valence-electron chi connectivity index (χ3n) is 4.33. The van der Waals surface area contributed by atoms with Gasteiger partial charge in [-0.05, 0) is 37.3 Å². The summed E-state index contributed by atoms with van der Waals surface area (Å²) in [5.74, 6) is -0.490. The maximum absolute atomic E-state index is 12.4. The van der Waals surface area contributed by atoms with E-state index < -0.39 is 0 Å². The average molecular weight is 303 g/mol. The molecule has 0 spiro atoms. The number of hydrogen-bond donors (Lipinski definition) is 2. The van der Waals surface area contributed by atoms with Gasteiger partial charge >= 0.3 is 0 Å². The Balaban J connectivity index is 1.97. The fraction of sp³-hybridized carbons (Fsp3) is 0.529. The van der Waals surface area contributed by atoms with Crippen molar-refractivity contribution in [2.45, 2.75) is 33.1 Å². The summed E-state index contributed by atoms with van der Waals surface area (Å²) in [6, 6.07) is 6.14. The number of nitrogens with zero attached hydrogens (tertiary/aromatic N) is 1. The van der Waals surface area contributed by atoms with Crippen molar-refractivity contribution < 1.29 is 9.59 Å². The van der Waals surface area contributed by atoms with E-state index >= 15 is 0 Å². The van der Waals surface area contributed by atoms with Gasteiger partial charge in [-0.15, -0.1) is 0 Å². The summed E-state index contributed by atoms with van der Waals surface area (Å²) in [5, 5.41) is 3.27. The van der Waals surface area contributed by atoms with E-state index in [-0.39, 0.29) is 24.3 Å². The van der Waals surface area contributed by atoms with Crippen molar-refractivity contribution in [2.75, 3.05) is 25.0 Å². The van der Waals surface area contributed by atoms with Crippen molar-refractivity contribution >= 4 is 17.5 Å². The Bertz CT molecular complexity index is 557. The quantitative estimate of drug-likeness (QED) is 0.869. The number of benzene rings is 1. The van der Waals surface area contributed by atoms with Crippen LogP contribution in [-0.4, -0.2) is 36.3 Å². The zero-order valence-electron chi connectivity index (χ0n) is 13.4.